The summed E-state index contributed by atoms with van der Waals surface area (Å²) in [5.74, 6) is -0.00439. The summed E-state index contributed by atoms with van der Waals surface area (Å²) < 4.78 is 19.3. The number of carboxylic acid groups (broad SMARTS) is 1. The molecule has 0 aliphatic carbocycles. The highest BCUT2D eigenvalue weighted by Crippen LogP contribution is 2.27. The van der Waals surface area contributed by atoms with Crippen LogP contribution in [-0.4, -0.2) is 17.1 Å². The summed E-state index contributed by atoms with van der Waals surface area (Å²) in [5, 5.41) is 12.1. The van der Waals surface area contributed by atoms with Gasteiger partial charge in [-0.15, -0.1) is 0 Å². The lowest BCUT2D eigenvalue weighted by molar-refractivity contribution is -0.140. The van der Waals surface area contributed by atoms with Gasteiger partial charge in [0.05, 0.1) is 6.54 Å². The molecule has 1 atom stereocenters. The molecule has 0 saturated carbocycles. The van der Waals surface area contributed by atoms with Crippen LogP contribution < -0.4 is 5.32 Å². The average molecular weight is 305 g/mol. The molecule has 0 bridgehead atoms. The van der Waals surface area contributed by atoms with Crippen molar-refractivity contribution in [3.05, 3.63) is 47.5 Å². The Balaban J connectivity index is 2.12. The zero-order chi connectivity index (χ0) is 16.3. The van der Waals surface area contributed by atoms with E-state index >= 15 is 0 Å². The van der Waals surface area contributed by atoms with Crippen LogP contribution in [0.2, 0.25) is 0 Å². The van der Waals surface area contributed by atoms with E-state index in [2.05, 4.69) is 5.32 Å². The van der Waals surface area contributed by atoms with E-state index in [-0.39, 0.29) is 11.7 Å². The minimum Gasteiger partial charge on any atom is -0.480 e. The molecule has 2 aromatic rings. The highest BCUT2D eigenvalue weighted by molar-refractivity contribution is 5.73. The van der Waals surface area contributed by atoms with E-state index < -0.39 is 12.0 Å². The standard InChI is InChI=1S/C17H20FNO3/c1-10(2)16(17(20)21)19-9-12-7-8-15(22-12)13-5-4-6-14(18)11(13)3/h4-8,10,16,19H,9H2,1-3H3,(H,20,21)/t16-/m1/s1. The van der Waals surface area contributed by atoms with Crippen LogP contribution in [0.4, 0.5) is 4.39 Å². The van der Waals surface area contributed by atoms with E-state index in [4.69, 9.17) is 9.52 Å². The number of carbonyl (C=O) groups is 1. The normalized spacial score (nSPS) is 12.6. The third-order valence-electron chi connectivity index (χ3n) is 3.62. The summed E-state index contributed by atoms with van der Waals surface area (Å²) >= 11 is 0. The van der Waals surface area contributed by atoms with Crippen LogP contribution >= 0.6 is 0 Å². The maximum absolute atomic E-state index is 13.6. The maximum Gasteiger partial charge on any atom is 0.320 e. The third kappa shape index (κ3) is 3.54. The van der Waals surface area contributed by atoms with Crippen LogP contribution in [0.25, 0.3) is 11.3 Å². The van der Waals surface area contributed by atoms with Crippen molar-refractivity contribution >= 4 is 5.97 Å². The van der Waals surface area contributed by atoms with E-state index in [9.17, 15) is 9.18 Å². The van der Waals surface area contributed by atoms with Crippen molar-refractivity contribution in [1.82, 2.24) is 5.32 Å². The number of aliphatic carboxylic acids is 1. The first kappa shape index (κ1) is 16.2. The molecule has 1 aromatic heterocycles. The fourth-order valence-electron chi connectivity index (χ4n) is 2.31. The van der Waals surface area contributed by atoms with Crippen LogP contribution in [0.5, 0.6) is 0 Å². The van der Waals surface area contributed by atoms with E-state index in [1.165, 1.54) is 6.07 Å². The largest absolute Gasteiger partial charge is 0.480 e. The monoisotopic (exact) mass is 305 g/mol. The fourth-order valence-corrected chi connectivity index (χ4v) is 2.31. The third-order valence-corrected chi connectivity index (χ3v) is 3.62. The highest BCUT2D eigenvalue weighted by Gasteiger charge is 2.21. The SMILES string of the molecule is Cc1c(F)cccc1-c1ccc(CN[C@@H](C(=O)O)C(C)C)o1. The molecular formula is C17H20FNO3. The van der Waals surface area contributed by atoms with E-state index in [0.717, 1.165) is 0 Å². The number of rotatable bonds is 6. The molecule has 0 unspecified atom stereocenters. The van der Waals surface area contributed by atoms with Crippen molar-refractivity contribution in [2.24, 2.45) is 5.92 Å². The molecule has 5 heteroatoms. The Morgan fingerprint density at radius 3 is 2.68 bits per heavy atom. The van der Waals surface area contributed by atoms with Crippen molar-refractivity contribution in [2.45, 2.75) is 33.4 Å². The Hall–Kier alpha value is -2.14. The smallest absolute Gasteiger partial charge is 0.320 e. The first-order chi connectivity index (χ1) is 10.4. The Kier molecular flexibility index (Phi) is 4.98. The summed E-state index contributed by atoms with van der Waals surface area (Å²) in [4.78, 5) is 11.1. The molecule has 2 N–H and O–H groups in total. The molecule has 0 fully saturated rings. The molecule has 0 spiro atoms. The second kappa shape index (κ2) is 6.75. The summed E-state index contributed by atoms with van der Waals surface area (Å²) in [6.07, 6.45) is 0. The van der Waals surface area contributed by atoms with Crippen LogP contribution in [0.1, 0.15) is 25.2 Å². The molecule has 0 aliphatic heterocycles. The van der Waals surface area contributed by atoms with Gasteiger partial charge in [-0.1, -0.05) is 26.0 Å². The van der Waals surface area contributed by atoms with Crippen LogP contribution in [-0.2, 0) is 11.3 Å². The van der Waals surface area contributed by atoms with Gasteiger partial charge in [-0.05, 0) is 36.6 Å². The minimum atomic E-state index is -0.886. The summed E-state index contributed by atoms with van der Waals surface area (Å²) in [6, 6.07) is 7.74. The van der Waals surface area contributed by atoms with Crippen molar-refractivity contribution < 1.29 is 18.7 Å². The van der Waals surface area contributed by atoms with Gasteiger partial charge in [0.2, 0.25) is 0 Å². The topological polar surface area (TPSA) is 62.5 Å². The Morgan fingerprint density at radius 1 is 1.32 bits per heavy atom. The number of halogens is 1. The van der Waals surface area contributed by atoms with Gasteiger partial charge in [0.15, 0.2) is 0 Å². The number of hydrogen-bond donors (Lipinski definition) is 2. The van der Waals surface area contributed by atoms with Crippen molar-refractivity contribution in [3.8, 4) is 11.3 Å². The zero-order valence-corrected chi connectivity index (χ0v) is 12.9. The second-order valence-electron chi connectivity index (χ2n) is 5.62. The predicted molar refractivity (Wildman–Crippen MR) is 81.9 cm³/mol. The van der Waals surface area contributed by atoms with Crippen LogP contribution in [0.15, 0.2) is 34.7 Å². The minimum absolute atomic E-state index is 0.0302. The quantitative estimate of drug-likeness (QED) is 0.856. The number of hydrogen-bond acceptors (Lipinski definition) is 3. The van der Waals surface area contributed by atoms with Gasteiger partial charge in [-0.2, -0.15) is 0 Å². The lowest BCUT2D eigenvalue weighted by atomic mass is 10.1. The predicted octanol–water partition coefficient (Wildman–Crippen LogP) is 3.59. The Morgan fingerprint density at radius 2 is 2.05 bits per heavy atom. The van der Waals surface area contributed by atoms with E-state index in [1.807, 2.05) is 13.8 Å². The summed E-state index contributed by atoms with van der Waals surface area (Å²) in [6.45, 7) is 5.69. The summed E-state index contributed by atoms with van der Waals surface area (Å²) in [5.41, 5.74) is 1.23. The Labute approximate surface area is 129 Å². The fraction of sp³-hybridized carbons (Fsp3) is 0.353. The average Bonchev–Trinajstić information content (AvgIpc) is 2.90. The number of carboxylic acids is 1. The van der Waals surface area contributed by atoms with Gasteiger partial charge in [-0.25, -0.2) is 4.39 Å². The molecule has 2 rings (SSSR count). The summed E-state index contributed by atoms with van der Waals surface area (Å²) in [7, 11) is 0. The van der Waals surface area contributed by atoms with Gasteiger partial charge >= 0.3 is 5.97 Å². The Bertz CT molecular complexity index is 664. The van der Waals surface area contributed by atoms with Gasteiger partial charge < -0.3 is 9.52 Å². The lowest BCUT2D eigenvalue weighted by Gasteiger charge is -2.16. The molecular weight excluding hydrogens is 285 g/mol. The molecule has 0 saturated heterocycles. The number of nitrogens with one attached hydrogen (secondary N) is 1. The molecule has 1 heterocycles. The molecule has 118 valence electrons. The van der Waals surface area contributed by atoms with Crippen LogP contribution in [0, 0.1) is 18.7 Å². The van der Waals surface area contributed by atoms with Crippen molar-refractivity contribution in [2.75, 3.05) is 0 Å². The van der Waals surface area contributed by atoms with E-state index in [1.54, 1.807) is 31.2 Å². The molecule has 1 aromatic carbocycles. The first-order valence-corrected chi connectivity index (χ1v) is 7.20. The van der Waals surface area contributed by atoms with Crippen LogP contribution in [0.3, 0.4) is 0 Å². The first-order valence-electron chi connectivity index (χ1n) is 7.20. The molecule has 0 aliphatic rings. The van der Waals surface area contributed by atoms with Gasteiger partial charge in [0.25, 0.3) is 0 Å². The van der Waals surface area contributed by atoms with Crippen molar-refractivity contribution in [1.29, 1.82) is 0 Å². The number of benzene rings is 1. The van der Waals surface area contributed by atoms with Gasteiger partial charge in [-0.3, -0.25) is 10.1 Å². The number of furan rings is 1. The maximum atomic E-state index is 13.6. The van der Waals surface area contributed by atoms with Gasteiger partial charge in [0.1, 0.15) is 23.4 Å². The zero-order valence-electron chi connectivity index (χ0n) is 12.9. The molecule has 0 amide bonds. The molecule has 4 nitrogen and oxygen atoms in total. The lowest BCUT2D eigenvalue weighted by Crippen LogP contribution is -2.40. The molecule has 0 radical (unpaired) electrons. The van der Waals surface area contributed by atoms with Gasteiger partial charge in [0, 0.05) is 5.56 Å². The van der Waals surface area contributed by atoms with E-state index in [0.29, 0.717) is 29.2 Å². The highest BCUT2D eigenvalue weighted by atomic mass is 19.1. The molecule has 22 heavy (non-hydrogen) atoms. The van der Waals surface area contributed by atoms with Crippen molar-refractivity contribution in [3.63, 3.8) is 0 Å². The second-order valence-corrected chi connectivity index (χ2v) is 5.62.